The lowest BCUT2D eigenvalue weighted by atomic mass is 9.89. The zero-order valence-electron chi connectivity index (χ0n) is 9.98. The van der Waals surface area contributed by atoms with E-state index < -0.39 is 11.7 Å². The van der Waals surface area contributed by atoms with E-state index in [4.69, 9.17) is 0 Å². The van der Waals surface area contributed by atoms with Crippen LogP contribution in [0.25, 0.3) is 0 Å². The van der Waals surface area contributed by atoms with Gasteiger partial charge in [0.05, 0.1) is 11.7 Å². The van der Waals surface area contributed by atoms with Gasteiger partial charge in [-0.25, -0.2) is 0 Å². The molecule has 2 atom stereocenters. The summed E-state index contributed by atoms with van der Waals surface area (Å²) in [5, 5.41) is 20.1. The maximum Gasteiger partial charge on any atom is 0.0817 e. The first-order valence-electron chi connectivity index (χ1n) is 5.50. The van der Waals surface area contributed by atoms with Gasteiger partial charge in [-0.2, -0.15) is 0 Å². The van der Waals surface area contributed by atoms with Gasteiger partial charge >= 0.3 is 0 Å². The molecule has 0 aliphatic rings. The van der Waals surface area contributed by atoms with Gasteiger partial charge in [0.2, 0.25) is 0 Å². The third kappa shape index (κ3) is 4.17. The van der Waals surface area contributed by atoms with Crippen molar-refractivity contribution in [3.8, 4) is 0 Å². The maximum absolute atomic E-state index is 10.1. The molecule has 0 heterocycles. The van der Waals surface area contributed by atoms with E-state index in [-0.39, 0.29) is 0 Å². The van der Waals surface area contributed by atoms with Gasteiger partial charge in [-0.15, -0.1) is 6.58 Å². The van der Waals surface area contributed by atoms with E-state index in [0.29, 0.717) is 12.8 Å². The van der Waals surface area contributed by atoms with Crippen LogP contribution in [0, 0.1) is 0 Å². The van der Waals surface area contributed by atoms with Crippen LogP contribution in [-0.2, 0) is 0 Å². The Labute approximate surface area is 97.2 Å². The molecular formula is C14H20O2. The van der Waals surface area contributed by atoms with Gasteiger partial charge < -0.3 is 10.2 Å². The number of rotatable bonds is 5. The highest BCUT2D eigenvalue weighted by Gasteiger charge is 2.25. The maximum atomic E-state index is 10.1. The zero-order valence-corrected chi connectivity index (χ0v) is 9.98. The number of benzene rings is 1. The van der Waals surface area contributed by atoms with E-state index in [1.807, 2.05) is 37.3 Å². The number of hydrogen-bond donors (Lipinski definition) is 2. The van der Waals surface area contributed by atoms with Crippen molar-refractivity contribution in [2.24, 2.45) is 0 Å². The van der Waals surface area contributed by atoms with Crippen LogP contribution in [0.4, 0.5) is 0 Å². The third-order valence-electron chi connectivity index (χ3n) is 2.50. The molecule has 0 aliphatic heterocycles. The van der Waals surface area contributed by atoms with Gasteiger partial charge in [-0.1, -0.05) is 35.9 Å². The quantitative estimate of drug-likeness (QED) is 0.749. The van der Waals surface area contributed by atoms with Gasteiger partial charge in [-0.3, -0.25) is 0 Å². The second-order valence-corrected chi connectivity index (χ2v) is 4.76. The largest absolute Gasteiger partial charge is 0.390 e. The topological polar surface area (TPSA) is 40.5 Å². The lowest BCUT2D eigenvalue weighted by molar-refractivity contribution is 0.00365. The minimum atomic E-state index is -0.902. The van der Waals surface area contributed by atoms with E-state index in [9.17, 15) is 10.2 Å². The average molecular weight is 220 g/mol. The van der Waals surface area contributed by atoms with Gasteiger partial charge in [0, 0.05) is 6.42 Å². The minimum Gasteiger partial charge on any atom is -0.390 e. The predicted octanol–water partition coefficient (Wildman–Crippen LogP) is 2.83. The fourth-order valence-electron chi connectivity index (χ4n) is 1.93. The number of aliphatic hydroxyl groups excluding tert-OH is 1. The smallest absolute Gasteiger partial charge is 0.0817 e. The van der Waals surface area contributed by atoms with E-state index >= 15 is 0 Å². The lowest BCUT2D eigenvalue weighted by Crippen LogP contribution is -2.27. The molecule has 88 valence electrons. The molecular weight excluding hydrogens is 200 g/mol. The molecule has 16 heavy (non-hydrogen) atoms. The van der Waals surface area contributed by atoms with Crippen molar-refractivity contribution in [2.45, 2.75) is 38.4 Å². The lowest BCUT2D eigenvalue weighted by Gasteiger charge is -2.26. The van der Waals surface area contributed by atoms with E-state index in [2.05, 4.69) is 6.58 Å². The minimum absolute atomic E-state index is 0.323. The number of aliphatic hydroxyl groups is 2. The predicted molar refractivity (Wildman–Crippen MR) is 66.1 cm³/mol. The normalized spacial score (nSPS) is 16.5. The Balaban J connectivity index is 2.64. The standard InChI is InChI=1S/C14H20O2/c1-11(2)9-14(3,16)10-13(15)12-7-5-4-6-8-12/h4-8,13,15-16H,1,9-10H2,2-3H3/t13-,14+/m1/s1. The molecule has 2 nitrogen and oxygen atoms in total. The molecule has 2 N–H and O–H groups in total. The Hall–Kier alpha value is -1.12. The Morgan fingerprint density at radius 3 is 2.44 bits per heavy atom. The van der Waals surface area contributed by atoms with E-state index in [0.717, 1.165) is 11.1 Å². The Bertz CT molecular complexity index is 341. The zero-order chi connectivity index (χ0) is 12.2. The molecule has 0 saturated carbocycles. The second-order valence-electron chi connectivity index (χ2n) is 4.76. The first kappa shape index (κ1) is 12.9. The summed E-state index contributed by atoms with van der Waals surface area (Å²) < 4.78 is 0. The van der Waals surface area contributed by atoms with E-state index in [1.54, 1.807) is 6.92 Å². The molecule has 0 spiro atoms. The van der Waals surface area contributed by atoms with Gasteiger partial charge in [0.25, 0.3) is 0 Å². The highest BCUT2D eigenvalue weighted by molar-refractivity contribution is 5.17. The van der Waals surface area contributed by atoms with Gasteiger partial charge in [-0.05, 0) is 25.8 Å². The van der Waals surface area contributed by atoms with Crippen LogP contribution in [0.5, 0.6) is 0 Å². The van der Waals surface area contributed by atoms with Crippen LogP contribution < -0.4 is 0 Å². The van der Waals surface area contributed by atoms with Crippen LogP contribution in [0.1, 0.15) is 38.4 Å². The summed E-state index contributed by atoms with van der Waals surface area (Å²) in [5.74, 6) is 0. The molecule has 2 heteroatoms. The highest BCUT2D eigenvalue weighted by atomic mass is 16.3. The molecule has 1 aromatic rings. The third-order valence-corrected chi connectivity index (χ3v) is 2.50. The summed E-state index contributed by atoms with van der Waals surface area (Å²) in [7, 11) is 0. The van der Waals surface area contributed by atoms with Crippen LogP contribution >= 0.6 is 0 Å². The van der Waals surface area contributed by atoms with Crippen molar-refractivity contribution in [1.82, 2.24) is 0 Å². The molecule has 0 amide bonds. The van der Waals surface area contributed by atoms with Crippen LogP contribution in [0.15, 0.2) is 42.5 Å². The Morgan fingerprint density at radius 1 is 1.38 bits per heavy atom. The summed E-state index contributed by atoms with van der Waals surface area (Å²) in [6.07, 6.45) is 0.205. The fraction of sp³-hybridized carbons (Fsp3) is 0.429. The SMILES string of the molecule is C=C(C)C[C@](C)(O)C[C@@H](O)c1ccccc1. The average Bonchev–Trinajstić information content (AvgIpc) is 2.16. The van der Waals surface area contributed by atoms with Crippen molar-refractivity contribution in [1.29, 1.82) is 0 Å². The van der Waals surface area contributed by atoms with Crippen molar-refractivity contribution >= 4 is 0 Å². The summed E-state index contributed by atoms with van der Waals surface area (Å²) in [5.41, 5.74) is 0.857. The van der Waals surface area contributed by atoms with Crippen LogP contribution in [-0.4, -0.2) is 15.8 Å². The number of hydrogen-bond acceptors (Lipinski definition) is 2. The first-order chi connectivity index (χ1) is 7.41. The van der Waals surface area contributed by atoms with Crippen molar-refractivity contribution < 1.29 is 10.2 Å². The summed E-state index contributed by atoms with van der Waals surface area (Å²) >= 11 is 0. The summed E-state index contributed by atoms with van der Waals surface area (Å²) in [6.45, 7) is 7.39. The second kappa shape index (κ2) is 5.28. The molecule has 0 aliphatic carbocycles. The van der Waals surface area contributed by atoms with Crippen molar-refractivity contribution in [3.05, 3.63) is 48.0 Å². The monoisotopic (exact) mass is 220 g/mol. The van der Waals surface area contributed by atoms with E-state index in [1.165, 1.54) is 0 Å². The summed E-state index contributed by atoms with van der Waals surface area (Å²) in [4.78, 5) is 0. The first-order valence-corrected chi connectivity index (χ1v) is 5.50. The molecule has 0 bridgehead atoms. The van der Waals surface area contributed by atoms with Crippen LogP contribution in [0.2, 0.25) is 0 Å². The molecule has 0 fully saturated rings. The molecule has 0 saturated heterocycles. The Morgan fingerprint density at radius 2 is 1.94 bits per heavy atom. The molecule has 1 aromatic carbocycles. The molecule has 0 aromatic heterocycles. The van der Waals surface area contributed by atoms with Crippen molar-refractivity contribution in [2.75, 3.05) is 0 Å². The highest BCUT2D eigenvalue weighted by Crippen LogP contribution is 2.27. The molecule has 0 radical (unpaired) electrons. The fourth-order valence-corrected chi connectivity index (χ4v) is 1.93. The van der Waals surface area contributed by atoms with Gasteiger partial charge in [0.1, 0.15) is 0 Å². The van der Waals surface area contributed by atoms with Crippen LogP contribution in [0.3, 0.4) is 0 Å². The molecule has 0 unspecified atom stereocenters. The van der Waals surface area contributed by atoms with Crippen molar-refractivity contribution in [3.63, 3.8) is 0 Å². The molecule has 1 rings (SSSR count). The Kier molecular flexibility index (Phi) is 4.27. The van der Waals surface area contributed by atoms with Gasteiger partial charge in [0.15, 0.2) is 0 Å². The summed E-state index contributed by atoms with van der Waals surface area (Å²) in [6, 6.07) is 9.39.